The summed E-state index contributed by atoms with van der Waals surface area (Å²) in [6.07, 6.45) is 0. The summed E-state index contributed by atoms with van der Waals surface area (Å²) in [5.74, 6) is 0.115. The van der Waals surface area contributed by atoms with Gasteiger partial charge in [-0.05, 0) is 113 Å². The molecule has 0 radical (unpaired) electrons. The molecule has 0 heterocycles. The second kappa shape index (κ2) is 9.41. The van der Waals surface area contributed by atoms with Crippen LogP contribution in [0, 0.1) is 27.7 Å². The fourth-order valence-electron chi connectivity index (χ4n) is 7.94. The van der Waals surface area contributed by atoms with Crippen LogP contribution in [0.25, 0.3) is 21.5 Å². The molecule has 9 rings (SSSR count). The van der Waals surface area contributed by atoms with Crippen molar-refractivity contribution in [3.8, 4) is 0 Å². The zero-order chi connectivity index (χ0) is 29.5. The molecule has 43 heavy (non-hydrogen) atoms. The van der Waals surface area contributed by atoms with Crippen LogP contribution < -0.4 is 5.32 Å². The Morgan fingerprint density at radius 2 is 0.953 bits per heavy atom. The van der Waals surface area contributed by atoms with Gasteiger partial charge in [-0.1, -0.05) is 97.1 Å². The Balaban J connectivity index is 1.50. The van der Waals surface area contributed by atoms with E-state index in [1.54, 1.807) is 0 Å². The summed E-state index contributed by atoms with van der Waals surface area (Å²) in [5, 5.41) is 9.33. The van der Waals surface area contributed by atoms with Crippen molar-refractivity contribution < 1.29 is 0 Å². The van der Waals surface area contributed by atoms with E-state index in [4.69, 9.17) is 4.99 Å². The minimum Gasteiger partial charge on any atom is -0.373 e. The van der Waals surface area contributed by atoms with Gasteiger partial charge in [-0.25, -0.2) is 0 Å². The highest BCUT2D eigenvalue weighted by Gasteiger charge is 2.55. The van der Waals surface area contributed by atoms with Crippen molar-refractivity contribution in [2.24, 2.45) is 4.99 Å². The zero-order valence-electron chi connectivity index (χ0n) is 25.5. The van der Waals surface area contributed by atoms with Crippen LogP contribution in [-0.2, 0) is 0 Å². The molecular formula is C41H36N2. The maximum atomic E-state index is 5.72. The Morgan fingerprint density at radius 3 is 1.42 bits per heavy atom. The largest absolute Gasteiger partial charge is 0.373 e. The van der Waals surface area contributed by atoms with E-state index in [0.717, 1.165) is 5.69 Å². The molecule has 1 N–H and O–H groups in total. The molecule has 6 aromatic carbocycles. The summed E-state index contributed by atoms with van der Waals surface area (Å²) >= 11 is 0. The van der Waals surface area contributed by atoms with E-state index in [2.05, 4.69) is 149 Å². The van der Waals surface area contributed by atoms with Gasteiger partial charge in [0.05, 0.1) is 22.9 Å². The highest BCUT2D eigenvalue weighted by atomic mass is 15.0. The second-order valence-electron chi connectivity index (χ2n) is 12.9. The molecule has 2 heteroatoms. The normalized spacial score (nSPS) is 21.3. The van der Waals surface area contributed by atoms with Gasteiger partial charge in [-0.3, -0.25) is 4.99 Å². The maximum absolute atomic E-state index is 5.72. The molecule has 210 valence electrons. The predicted octanol–water partition coefficient (Wildman–Crippen LogP) is 10.5. The lowest BCUT2D eigenvalue weighted by atomic mass is 9.54. The van der Waals surface area contributed by atoms with Crippen molar-refractivity contribution in [1.29, 1.82) is 0 Å². The Labute approximate surface area is 254 Å². The van der Waals surface area contributed by atoms with Crippen LogP contribution >= 0.6 is 0 Å². The number of nitrogens with zero attached hydrogens (tertiary/aromatic N) is 1. The monoisotopic (exact) mass is 556 g/mol. The van der Waals surface area contributed by atoms with Crippen LogP contribution in [0.4, 0.5) is 11.4 Å². The van der Waals surface area contributed by atoms with E-state index in [1.165, 1.54) is 77.5 Å². The van der Waals surface area contributed by atoms with Crippen molar-refractivity contribution in [2.45, 2.75) is 52.0 Å². The lowest BCUT2D eigenvalue weighted by Gasteiger charge is -2.54. The molecule has 1 atom stereocenters. The quantitative estimate of drug-likeness (QED) is 0.230. The van der Waals surface area contributed by atoms with Crippen molar-refractivity contribution in [3.63, 3.8) is 0 Å². The van der Waals surface area contributed by atoms with Gasteiger partial charge >= 0.3 is 0 Å². The molecule has 0 spiro atoms. The third-order valence-electron chi connectivity index (χ3n) is 10.1. The van der Waals surface area contributed by atoms with Gasteiger partial charge in [0.25, 0.3) is 0 Å². The molecule has 0 aliphatic heterocycles. The van der Waals surface area contributed by atoms with E-state index in [1.807, 2.05) is 0 Å². The number of para-hydroxylation sites is 2. The molecular weight excluding hydrogens is 520 g/mol. The Kier molecular flexibility index (Phi) is 5.68. The summed E-state index contributed by atoms with van der Waals surface area (Å²) in [4.78, 5) is 5.72. The lowest BCUT2D eigenvalue weighted by molar-refractivity contribution is 0.526. The molecule has 6 aromatic rings. The number of nitrogens with one attached hydrogen (secondary N) is 1. The molecule has 3 aliphatic rings. The minimum atomic E-state index is -0.457. The number of anilines is 1. The first-order chi connectivity index (χ1) is 20.8. The van der Waals surface area contributed by atoms with Crippen molar-refractivity contribution in [3.05, 3.63) is 154 Å². The Morgan fingerprint density at radius 1 is 0.535 bits per heavy atom. The van der Waals surface area contributed by atoms with E-state index in [-0.39, 0.29) is 11.8 Å². The molecule has 2 nitrogen and oxygen atoms in total. The number of fused-ring (bicyclic) bond motifs is 3. The first-order valence-electron chi connectivity index (χ1n) is 15.4. The Bertz CT molecular complexity index is 2010. The third kappa shape index (κ3) is 3.82. The van der Waals surface area contributed by atoms with Gasteiger partial charge in [-0.2, -0.15) is 0 Å². The number of aliphatic imine (C=N–C) groups is 1. The summed E-state index contributed by atoms with van der Waals surface area (Å²) in [6.45, 7) is 11.2. The summed E-state index contributed by atoms with van der Waals surface area (Å²) in [7, 11) is 0. The summed E-state index contributed by atoms with van der Waals surface area (Å²) < 4.78 is 0. The molecule has 0 saturated carbocycles. The van der Waals surface area contributed by atoms with Crippen LogP contribution in [0.2, 0.25) is 0 Å². The van der Waals surface area contributed by atoms with Gasteiger partial charge in [0.1, 0.15) is 0 Å². The predicted molar refractivity (Wildman–Crippen MR) is 183 cm³/mol. The van der Waals surface area contributed by atoms with E-state index in [0.29, 0.717) is 0 Å². The number of rotatable bonds is 3. The average molecular weight is 557 g/mol. The van der Waals surface area contributed by atoms with Gasteiger partial charge in [-0.15, -0.1) is 0 Å². The molecule has 0 amide bonds. The molecule has 1 unspecified atom stereocenters. The third-order valence-corrected chi connectivity index (χ3v) is 10.1. The number of aryl methyl sites for hydroxylation is 4. The van der Waals surface area contributed by atoms with Gasteiger partial charge < -0.3 is 5.32 Å². The first kappa shape index (κ1) is 26.0. The lowest BCUT2D eigenvalue weighted by Crippen LogP contribution is -2.58. The molecule has 0 aromatic heterocycles. The number of hydrogen-bond donors (Lipinski definition) is 1. The minimum absolute atomic E-state index is 0.0324. The molecule has 2 bridgehead atoms. The maximum Gasteiger partial charge on any atom is 0.0847 e. The highest BCUT2D eigenvalue weighted by molar-refractivity contribution is 6.11. The number of benzene rings is 6. The van der Waals surface area contributed by atoms with Crippen molar-refractivity contribution in [2.75, 3.05) is 5.32 Å². The van der Waals surface area contributed by atoms with E-state index >= 15 is 0 Å². The van der Waals surface area contributed by atoms with Crippen LogP contribution in [0.15, 0.2) is 114 Å². The average Bonchev–Trinajstić information content (AvgIpc) is 3.00. The van der Waals surface area contributed by atoms with Gasteiger partial charge in [0.15, 0.2) is 0 Å². The zero-order valence-corrected chi connectivity index (χ0v) is 25.5. The van der Waals surface area contributed by atoms with Crippen LogP contribution in [-0.4, -0.2) is 11.3 Å². The Hall–Kier alpha value is -4.69. The first-order valence-corrected chi connectivity index (χ1v) is 15.4. The summed E-state index contributed by atoms with van der Waals surface area (Å²) in [6, 6.07) is 40.5. The molecule has 0 saturated heterocycles. The van der Waals surface area contributed by atoms with E-state index < -0.39 is 5.54 Å². The standard InChI is InChI=1S/C41H36N2/c1-24-12-10-13-25(2)38(24)42-40-36-32-20-28-16-6-8-18-30(28)22-34(32)37(35-23-31-19-9-7-17-29(31)21-33(35)36)41(40,5)43-39-26(3)14-11-15-27(39)4/h6-23,36-37,43H,1-5H3/b42-40+. The highest BCUT2D eigenvalue weighted by Crippen LogP contribution is 2.58. The second-order valence-corrected chi connectivity index (χ2v) is 12.9. The SMILES string of the molecule is Cc1cccc(C)c1/N=C1\C2c3cc4ccccc4cc3C(c3cc4ccccc4cc32)C1(C)Nc1c(C)cccc1C. The van der Waals surface area contributed by atoms with Crippen LogP contribution in [0.5, 0.6) is 0 Å². The van der Waals surface area contributed by atoms with Gasteiger partial charge in [0, 0.05) is 11.6 Å². The van der Waals surface area contributed by atoms with Crippen LogP contribution in [0.3, 0.4) is 0 Å². The fourth-order valence-corrected chi connectivity index (χ4v) is 7.94. The smallest absolute Gasteiger partial charge is 0.0847 e. The number of hydrogen-bond acceptors (Lipinski definition) is 2. The molecule has 3 aliphatic carbocycles. The van der Waals surface area contributed by atoms with Crippen molar-refractivity contribution >= 4 is 38.6 Å². The van der Waals surface area contributed by atoms with Crippen LogP contribution in [0.1, 0.15) is 63.3 Å². The molecule has 0 fully saturated rings. The topological polar surface area (TPSA) is 24.4 Å². The van der Waals surface area contributed by atoms with Crippen molar-refractivity contribution in [1.82, 2.24) is 0 Å². The fraction of sp³-hybridized carbons (Fsp3) is 0.195. The summed E-state index contributed by atoms with van der Waals surface area (Å²) in [5.41, 5.74) is 13.6. The van der Waals surface area contributed by atoms with Gasteiger partial charge in [0.2, 0.25) is 0 Å². The van der Waals surface area contributed by atoms with E-state index in [9.17, 15) is 0 Å².